The Hall–Kier alpha value is -3.21. The van der Waals surface area contributed by atoms with Gasteiger partial charge in [0.2, 0.25) is 0 Å². The molecule has 2 amide bonds. The Labute approximate surface area is 196 Å². The molecule has 0 aliphatic heterocycles. The van der Waals surface area contributed by atoms with Crippen LogP contribution in [-0.4, -0.2) is 48.9 Å². The molecule has 0 aliphatic rings. The van der Waals surface area contributed by atoms with Crippen LogP contribution >= 0.6 is 11.8 Å². The van der Waals surface area contributed by atoms with Gasteiger partial charge in [0, 0.05) is 23.8 Å². The van der Waals surface area contributed by atoms with Crippen molar-refractivity contribution in [3.05, 3.63) is 60.2 Å². The van der Waals surface area contributed by atoms with Crippen molar-refractivity contribution in [2.24, 2.45) is 0 Å². The van der Waals surface area contributed by atoms with Crippen molar-refractivity contribution in [3.63, 3.8) is 0 Å². The van der Waals surface area contributed by atoms with E-state index in [0.717, 1.165) is 4.90 Å². The van der Waals surface area contributed by atoms with Crippen LogP contribution in [0.2, 0.25) is 0 Å². The van der Waals surface area contributed by atoms with E-state index in [4.69, 9.17) is 19.4 Å². The summed E-state index contributed by atoms with van der Waals surface area (Å²) in [5, 5.41) is 21.5. The molecule has 2 atom stereocenters. The highest BCUT2D eigenvalue weighted by atomic mass is 32.2. The summed E-state index contributed by atoms with van der Waals surface area (Å²) in [5.41, 5.74) is 2.59. The third kappa shape index (κ3) is 8.01. The third-order valence-corrected chi connectivity index (χ3v) is 5.48. The van der Waals surface area contributed by atoms with Crippen LogP contribution in [-0.2, 0) is 14.3 Å². The molecule has 9 nitrogen and oxygen atoms in total. The van der Waals surface area contributed by atoms with Crippen molar-refractivity contribution in [2.45, 2.75) is 29.9 Å². The first-order chi connectivity index (χ1) is 15.9. The molecule has 10 heteroatoms. The molecule has 0 unspecified atom stereocenters. The predicted octanol–water partition coefficient (Wildman–Crippen LogP) is 4.27. The van der Waals surface area contributed by atoms with Gasteiger partial charge in [-0.05, 0) is 61.1 Å². The molecular weight excluding hydrogens is 448 g/mol. The first kappa shape index (κ1) is 26.0. The molecule has 0 aliphatic carbocycles. The lowest BCUT2D eigenvalue weighted by Gasteiger charge is -2.26. The average Bonchev–Trinajstić information content (AvgIpc) is 2.83. The molecule has 0 aromatic heterocycles. The number of aromatic hydroxyl groups is 1. The zero-order valence-corrected chi connectivity index (χ0v) is 19.4. The summed E-state index contributed by atoms with van der Waals surface area (Å²) in [6, 6.07) is 12.0. The molecule has 2 aromatic rings. The Morgan fingerprint density at radius 1 is 1.15 bits per heavy atom. The summed E-state index contributed by atoms with van der Waals surface area (Å²) in [4.78, 5) is 24.9. The van der Waals surface area contributed by atoms with Crippen molar-refractivity contribution in [1.29, 1.82) is 0 Å². The summed E-state index contributed by atoms with van der Waals surface area (Å²) in [5.74, 6) is -0.475. The monoisotopic (exact) mass is 476 g/mol. The number of nitrogens with one attached hydrogen (secondary N) is 2. The van der Waals surface area contributed by atoms with Gasteiger partial charge in [-0.25, -0.2) is 10.3 Å². The number of hydrogen-bond donors (Lipinski definition) is 4. The molecule has 0 fully saturated rings. The Morgan fingerprint density at radius 3 is 2.45 bits per heavy atom. The zero-order valence-electron chi connectivity index (χ0n) is 18.6. The average molecular weight is 477 g/mol. The molecule has 0 spiro atoms. The molecule has 0 bridgehead atoms. The molecule has 33 heavy (non-hydrogen) atoms. The number of allylic oxidation sites excluding steroid dienone is 1. The van der Waals surface area contributed by atoms with Gasteiger partial charge >= 0.3 is 6.09 Å². The van der Waals surface area contributed by atoms with Gasteiger partial charge in [0.15, 0.2) is 17.6 Å². The second kappa shape index (κ2) is 13.4. The fourth-order valence-electron chi connectivity index (χ4n) is 3.06. The topological polar surface area (TPSA) is 126 Å². The van der Waals surface area contributed by atoms with Crippen molar-refractivity contribution in [2.75, 3.05) is 25.8 Å². The Bertz CT molecular complexity index is 950. The summed E-state index contributed by atoms with van der Waals surface area (Å²) < 4.78 is 16.4. The number of methoxy groups -OCH3 is 2. The van der Waals surface area contributed by atoms with E-state index in [1.807, 2.05) is 18.4 Å². The lowest BCUT2D eigenvalue weighted by molar-refractivity contribution is -0.124. The van der Waals surface area contributed by atoms with Crippen molar-refractivity contribution in [3.8, 4) is 11.5 Å². The van der Waals surface area contributed by atoms with E-state index in [9.17, 15) is 14.7 Å². The molecule has 0 radical (unpaired) electrons. The Kier molecular flexibility index (Phi) is 10.5. The molecule has 0 saturated carbocycles. The van der Waals surface area contributed by atoms with Gasteiger partial charge in [-0.15, -0.1) is 11.8 Å². The first-order valence-corrected chi connectivity index (χ1v) is 11.3. The quantitative estimate of drug-likeness (QED) is 0.164. The van der Waals surface area contributed by atoms with Gasteiger partial charge < -0.3 is 19.3 Å². The molecule has 2 rings (SSSR count). The van der Waals surface area contributed by atoms with Crippen LogP contribution in [0.15, 0.2) is 59.5 Å². The summed E-state index contributed by atoms with van der Waals surface area (Å²) in [6.07, 6.45) is 3.36. The minimum absolute atomic E-state index is 0.106. The lowest BCUT2D eigenvalue weighted by atomic mass is 9.99. The minimum atomic E-state index is -0.864. The van der Waals surface area contributed by atoms with Crippen molar-refractivity contribution >= 4 is 29.4 Å². The minimum Gasteiger partial charge on any atom is -0.504 e. The molecule has 0 saturated heterocycles. The number of anilines is 1. The van der Waals surface area contributed by atoms with E-state index in [1.54, 1.807) is 42.1 Å². The fraction of sp³-hybridized carbons (Fsp3) is 0.304. The smallest absolute Gasteiger partial charge is 0.412 e. The van der Waals surface area contributed by atoms with Gasteiger partial charge in [0.1, 0.15) is 0 Å². The number of amides is 2. The van der Waals surface area contributed by atoms with Crippen LogP contribution in [0.5, 0.6) is 11.5 Å². The van der Waals surface area contributed by atoms with E-state index in [1.165, 1.54) is 31.8 Å². The van der Waals surface area contributed by atoms with Crippen molar-refractivity contribution in [1.82, 2.24) is 5.48 Å². The van der Waals surface area contributed by atoms with Gasteiger partial charge in [-0.2, -0.15) is 0 Å². The standard InChI is InChI=1S/C23H28N2O7S/c1-30-19-13-8-15(14-18(19)26)22(20(31-2)6-4-5-7-21(27)25-29)32-23(28)24-16-9-11-17(33-3)12-10-16/h5,7-14,20,22,26,29H,4,6H2,1-3H3,(H,24,28)(H,25,27)/b7-5+/t20-,22-/m1/s1. The second-order valence-corrected chi connectivity index (χ2v) is 7.72. The summed E-state index contributed by atoms with van der Waals surface area (Å²) in [7, 11) is 2.92. The van der Waals surface area contributed by atoms with Crippen LogP contribution < -0.4 is 15.5 Å². The molecule has 2 aromatic carbocycles. The normalized spacial score (nSPS) is 12.7. The number of ether oxygens (including phenoxy) is 3. The van der Waals surface area contributed by atoms with Crippen LogP contribution in [0.4, 0.5) is 10.5 Å². The first-order valence-electron chi connectivity index (χ1n) is 10.0. The van der Waals surface area contributed by atoms with Gasteiger partial charge in [-0.3, -0.25) is 15.3 Å². The van der Waals surface area contributed by atoms with E-state index in [-0.39, 0.29) is 11.5 Å². The molecule has 178 valence electrons. The van der Waals surface area contributed by atoms with Crippen LogP contribution in [0.1, 0.15) is 24.5 Å². The van der Waals surface area contributed by atoms with E-state index in [0.29, 0.717) is 24.1 Å². The highest BCUT2D eigenvalue weighted by molar-refractivity contribution is 7.98. The molecule has 4 N–H and O–H groups in total. The largest absolute Gasteiger partial charge is 0.504 e. The molecular formula is C23H28N2O7S. The van der Waals surface area contributed by atoms with Gasteiger partial charge in [0.05, 0.1) is 13.2 Å². The molecule has 0 heterocycles. The Balaban J connectivity index is 2.20. The number of hydrogen-bond acceptors (Lipinski definition) is 8. The number of thioether (sulfide) groups is 1. The maximum absolute atomic E-state index is 12.7. The Morgan fingerprint density at radius 2 is 1.88 bits per heavy atom. The highest BCUT2D eigenvalue weighted by Gasteiger charge is 2.28. The lowest BCUT2D eigenvalue weighted by Crippen LogP contribution is -2.28. The number of benzene rings is 2. The highest BCUT2D eigenvalue weighted by Crippen LogP contribution is 2.34. The van der Waals surface area contributed by atoms with Gasteiger partial charge in [0.25, 0.3) is 5.91 Å². The van der Waals surface area contributed by atoms with E-state index < -0.39 is 24.2 Å². The second-order valence-electron chi connectivity index (χ2n) is 6.84. The van der Waals surface area contributed by atoms with E-state index >= 15 is 0 Å². The summed E-state index contributed by atoms with van der Waals surface area (Å²) in [6.45, 7) is 0. The third-order valence-electron chi connectivity index (χ3n) is 4.74. The predicted molar refractivity (Wildman–Crippen MR) is 125 cm³/mol. The summed E-state index contributed by atoms with van der Waals surface area (Å²) >= 11 is 1.59. The fourth-order valence-corrected chi connectivity index (χ4v) is 3.47. The maximum atomic E-state index is 12.7. The number of rotatable bonds is 11. The number of hydroxylamine groups is 1. The van der Waals surface area contributed by atoms with Crippen LogP contribution in [0.25, 0.3) is 0 Å². The van der Waals surface area contributed by atoms with Crippen LogP contribution in [0, 0.1) is 0 Å². The number of phenolic OH excluding ortho intramolecular Hbond substituents is 1. The number of carbonyl (C=O) groups excluding carboxylic acids is 2. The SMILES string of the molecule is COc1ccc([C@@H](OC(=O)Nc2ccc(SC)cc2)[C@@H](CC/C=C/C(=O)NO)OC)cc1O. The number of phenols is 1. The maximum Gasteiger partial charge on any atom is 0.412 e. The van der Waals surface area contributed by atoms with Gasteiger partial charge in [-0.1, -0.05) is 12.1 Å². The number of carbonyl (C=O) groups is 2. The van der Waals surface area contributed by atoms with E-state index in [2.05, 4.69) is 5.32 Å². The van der Waals surface area contributed by atoms with Crippen molar-refractivity contribution < 1.29 is 34.1 Å². The zero-order chi connectivity index (χ0) is 24.2. The van der Waals surface area contributed by atoms with Crippen LogP contribution in [0.3, 0.4) is 0 Å².